The Bertz CT molecular complexity index is 221. The van der Waals surface area contributed by atoms with E-state index < -0.39 is 24.2 Å². The molecule has 1 atom stereocenters. The number of alkyl halides is 2. The molecule has 0 radical (unpaired) electrons. The standard InChI is InChI=1S/C10H17F2NO2.ClH/c1-2-15-9(14)10(6-8(11)12)4-3-5-13-7-10;/h8,13H,2-7H2,1H3;1H. The highest BCUT2D eigenvalue weighted by Gasteiger charge is 2.43. The zero-order valence-electron chi connectivity index (χ0n) is 9.30. The van der Waals surface area contributed by atoms with Crippen LogP contribution in [0.25, 0.3) is 0 Å². The molecule has 0 saturated carbocycles. The van der Waals surface area contributed by atoms with Crippen LogP contribution in [0.5, 0.6) is 0 Å². The van der Waals surface area contributed by atoms with Gasteiger partial charge in [0.25, 0.3) is 0 Å². The molecule has 6 heteroatoms. The molecule has 1 saturated heterocycles. The van der Waals surface area contributed by atoms with E-state index in [1.54, 1.807) is 6.92 Å². The number of hydrogen-bond donors (Lipinski definition) is 1. The van der Waals surface area contributed by atoms with Crippen molar-refractivity contribution in [1.82, 2.24) is 5.32 Å². The summed E-state index contributed by atoms with van der Waals surface area (Å²) in [6.45, 7) is 3.01. The van der Waals surface area contributed by atoms with Gasteiger partial charge >= 0.3 is 5.97 Å². The third-order valence-electron chi connectivity index (χ3n) is 2.73. The zero-order valence-corrected chi connectivity index (χ0v) is 10.1. The van der Waals surface area contributed by atoms with Crippen molar-refractivity contribution in [3.8, 4) is 0 Å². The summed E-state index contributed by atoms with van der Waals surface area (Å²) in [6.07, 6.45) is -1.64. The van der Waals surface area contributed by atoms with Gasteiger partial charge < -0.3 is 10.1 Å². The highest BCUT2D eigenvalue weighted by atomic mass is 35.5. The minimum Gasteiger partial charge on any atom is -0.466 e. The fourth-order valence-electron chi connectivity index (χ4n) is 1.98. The fraction of sp³-hybridized carbons (Fsp3) is 0.900. The first-order chi connectivity index (χ1) is 7.10. The van der Waals surface area contributed by atoms with Gasteiger partial charge in [0.1, 0.15) is 0 Å². The zero-order chi connectivity index (χ0) is 11.3. The molecule has 1 aliphatic heterocycles. The second kappa shape index (κ2) is 7.01. The van der Waals surface area contributed by atoms with Gasteiger partial charge in [-0.25, -0.2) is 8.78 Å². The topological polar surface area (TPSA) is 38.3 Å². The maximum atomic E-state index is 12.4. The van der Waals surface area contributed by atoms with Gasteiger partial charge in [-0.1, -0.05) is 0 Å². The molecule has 3 nitrogen and oxygen atoms in total. The summed E-state index contributed by atoms with van der Waals surface area (Å²) in [4.78, 5) is 11.7. The number of esters is 1. The minimum absolute atomic E-state index is 0. The molecule has 1 fully saturated rings. The first-order valence-corrected chi connectivity index (χ1v) is 5.27. The fourth-order valence-corrected chi connectivity index (χ4v) is 1.98. The largest absolute Gasteiger partial charge is 0.466 e. The molecule has 1 rings (SSSR count). The van der Waals surface area contributed by atoms with E-state index in [0.717, 1.165) is 13.0 Å². The molecule has 0 aromatic carbocycles. The van der Waals surface area contributed by atoms with Gasteiger partial charge in [0.2, 0.25) is 6.43 Å². The molecular formula is C10H18ClF2NO2. The van der Waals surface area contributed by atoms with E-state index in [1.807, 2.05) is 0 Å². The van der Waals surface area contributed by atoms with Crippen LogP contribution in [0.4, 0.5) is 8.78 Å². The van der Waals surface area contributed by atoms with E-state index in [-0.39, 0.29) is 19.0 Å². The number of carbonyl (C=O) groups is 1. The molecule has 0 aromatic heterocycles. The van der Waals surface area contributed by atoms with E-state index in [4.69, 9.17) is 4.74 Å². The highest BCUT2D eigenvalue weighted by Crippen LogP contribution is 2.34. The third kappa shape index (κ3) is 3.87. The van der Waals surface area contributed by atoms with Gasteiger partial charge in [-0.05, 0) is 26.3 Å². The summed E-state index contributed by atoms with van der Waals surface area (Å²) in [7, 11) is 0. The molecule has 96 valence electrons. The second-order valence-electron chi connectivity index (χ2n) is 3.88. The van der Waals surface area contributed by atoms with Gasteiger partial charge in [0, 0.05) is 13.0 Å². The van der Waals surface area contributed by atoms with E-state index in [1.165, 1.54) is 0 Å². The van der Waals surface area contributed by atoms with Crippen LogP contribution in [0.1, 0.15) is 26.2 Å². The number of hydrogen-bond acceptors (Lipinski definition) is 3. The molecule has 1 N–H and O–H groups in total. The minimum atomic E-state index is -2.46. The van der Waals surface area contributed by atoms with Crippen molar-refractivity contribution >= 4 is 18.4 Å². The lowest BCUT2D eigenvalue weighted by Gasteiger charge is -2.34. The van der Waals surface area contributed by atoms with Gasteiger partial charge in [-0.15, -0.1) is 12.4 Å². The van der Waals surface area contributed by atoms with Crippen molar-refractivity contribution in [3.05, 3.63) is 0 Å². The summed E-state index contributed by atoms with van der Waals surface area (Å²) in [6, 6.07) is 0. The monoisotopic (exact) mass is 257 g/mol. The number of ether oxygens (including phenoxy) is 1. The van der Waals surface area contributed by atoms with Crippen LogP contribution in [-0.2, 0) is 9.53 Å². The predicted molar refractivity (Wildman–Crippen MR) is 59.0 cm³/mol. The van der Waals surface area contributed by atoms with Crippen LogP contribution in [0, 0.1) is 5.41 Å². The molecule has 0 bridgehead atoms. The Labute approximate surface area is 100 Å². The summed E-state index contributed by atoms with van der Waals surface area (Å²) >= 11 is 0. The predicted octanol–water partition coefficient (Wildman–Crippen LogP) is 2.00. The maximum absolute atomic E-state index is 12.4. The molecule has 0 spiro atoms. The molecule has 0 aromatic rings. The normalized spacial score (nSPS) is 25.0. The van der Waals surface area contributed by atoms with Crippen molar-refractivity contribution < 1.29 is 18.3 Å². The van der Waals surface area contributed by atoms with Gasteiger partial charge in [0.15, 0.2) is 0 Å². The van der Waals surface area contributed by atoms with Crippen LogP contribution in [0.15, 0.2) is 0 Å². The van der Waals surface area contributed by atoms with E-state index in [0.29, 0.717) is 13.0 Å². The van der Waals surface area contributed by atoms with E-state index >= 15 is 0 Å². The van der Waals surface area contributed by atoms with Crippen molar-refractivity contribution in [3.63, 3.8) is 0 Å². The van der Waals surface area contributed by atoms with E-state index in [9.17, 15) is 13.6 Å². The summed E-state index contributed by atoms with van der Waals surface area (Å²) < 4.78 is 29.7. The van der Waals surface area contributed by atoms with Crippen molar-refractivity contribution in [2.24, 2.45) is 5.41 Å². The van der Waals surface area contributed by atoms with Crippen molar-refractivity contribution in [1.29, 1.82) is 0 Å². The lowest BCUT2D eigenvalue weighted by Crippen LogP contribution is -2.47. The highest BCUT2D eigenvalue weighted by molar-refractivity contribution is 5.85. The number of rotatable bonds is 4. The third-order valence-corrected chi connectivity index (χ3v) is 2.73. The average Bonchev–Trinajstić information content (AvgIpc) is 2.18. The number of halogens is 3. The van der Waals surface area contributed by atoms with E-state index in [2.05, 4.69) is 5.32 Å². The maximum Gasteiger partial charge on any atom is 0.313 e. The lowest BCUT2D eigenvalue weighted by atomic mass is 9.78. The Hall–Kier alpha value is -0.420. The number of carbonyl (C=O) groups excluding carboxylic acids is 1. The quantitative estimate of drug-likeness (QED) is 0.783. The van der Waals surface area contributed by atoms with Crippen LogP contribution in [0.2, 0.25) is 0 Å². The molecule has 1 heterocycles. The number of nitrogens with one attached hydrogen (secondary N) is 1. The van der Waals surface area contributed by atoms with Crippen molar-refractivity contribution in [2.75, 3.05) is 19.7 Å². The summed E-state index contributed by atoms with van der Waals surface area (Å²) in [5, 5.41) is 2.99. The second-order valence-corrected chi connectivity index (χ2v) is 3.88. The Balaban J connectivity index is 0.00000225. The van der Waals surface area contributed by atoms with Crippen molar-refractivity contribution in [2.45, 2.75) is 32.6 Å². The molecule has 1 unspecified atom stereocenters. The first kappa shape index (κ1) is 15.6. The van der Waals surface area contributed by atoms with Crippen LogP contribution < -0.4 is 5.32 Å². The molecule has 0 aliphatic carbocycles. The summed E-state index contributed by atoms with van der Waals surface area (Å²) in [5.74, 6) is -0.488. The molecule has 16 heavy (non-hydrogen) atoms. The SMILES string of the molecule is CCOC(=O)C1(CC(F)F)CCCNC1.Cl. The van der Waals surface area contributed by atoms with Crippen LogP contribution in [0.3, 0.4) is 0 Å². The van der Waals surface area contributed by atoms with Gasteiger partial charge in [-0.2, -0.15) is 0 Å². The lowest BCUT2D eigenvalue weighted by molar-refractivity contribution is -0.159. The Morgan fingerprint density at radius 1 is 1.56 bits per heavy atom. The molecular weight excluding hydrogens is 240 g/mol. The smallest absolute Gasteiger partial charge is 0.313 e. The first-order valence-electron chi connectivity index (χ1n) is 5.27. The van der Waals surface area contributed by atoms with Gasteiger partial charge in [0.05, 0.1) is 12.0 Å². The Morgan fingerprint density at radius 3 is 2.69 bits per heavy atom. The Morgan fingerprint density at radius 2 is 2.25 bits per heavy atom. The number of piperidine rings is 1. The molecule has 1 aliphatic rings. The van der Waals surface area contributed by atoms with Crippen LogP contribution >= 0.6 is 12.4 Å². The molecule has 0 amide bonds. The van der Waals surface area contributed by atoms with Crippen LogP contribution in [-0.4, -0.2) is 32.1 Å². The summed E-state index contributed by atoms with van der Waals surface area (Å²) in [5.41, 5.74) is -1.01. The Kier molecular flexibility index (Phi) is 6.83. The average molecular weight is 258 g/mol. The van der Waals surface area contributed by atoms with Gasteiger partial charge in [-0.3, -0.25) is 4.79 Å².